The van der Waals surface area contributed by atoms with Gasteiger partial charge in [-0.3, -0.25) is 0 Å². The second-order valence-electron chi connectivity index (χ2n) is 21.9. The molecule has 2 heteroatoms. The summed E-state index contributed by atoms with van der Waals surface area (Å²) in [6, 6.07) is 31.7. The maximum atomic E-state index is 6.04. The van der Waals surface area contributed by atoms with Crippen LogP contribution in [0.3, 0.4) is 0 Å². The van der Waals surface area contributed by atoms with Gasteiger partial charge in [-0.25, -0.2) is 0 Å². The Labute approximate surface area is 343 Å². The number of fused-ring (bicyclic) bond motifs is 6. The lowest BCUT2D eigenvalue weighted by molar-refractivity contribution is 0.0146. The highest BCUT2D eigenvalue weighted by Crippen LogP contribution is 2.53. The first kappa shape index (κ1) is 41.4. The van der Waals surface area contributed by atoms with Crippen LogP contribution in [0.5, 0.6) is 11.5 Å². The van der Waals surface area contributed by atoms with Crippen LogP contribution >= 0.6 is 0 Å². The van der Waals surface area contributed by atoms with Crippen molar-refractivity contribution in [3.63, 3.8) is 0 Å². The summed E-state index contributed by atoms with van der Waals surface area (Å²) in [6.45, 7) is 16.5. The molecule has 56 heavy (non-hydrogen) atoms. The van der Waals surface area contributed by atoms with E-state index in [9.17, 15) is 0 Å². The van der Waals surface area contributed by atoms with Gasteiger partial charge in [-0.15, -0.1) is 0 Å². The highest BCUT2D eigenvalue weighted by molar-refractivity contribution is 5.26. The topological polar surface area (TPSA) is 18.5 Å². The summed E-state index contributed by atoms with van der Waals surface area (Å²) < 4.78 is 12.0. The van der Waals surface area contributed by atoms with Gasteiger partial charge >= 0.3 is 0 Å². The van der Waals surface area contributed by atoms with Crippen LogP contribution in [-0.4, -0.2) is 13.2 Å². The van der Waals surface area contributed by atoms with Crippen molar-refractivity contribution in [2.24, 2.45) is 64.1 Å². The van der Waals surface area contributed by atoms with Gasteiger partial charge in [0.05, 0.1) is 13.2 Å². The lowest BCUT2D eigenvalue weighted by Gasteiger charge is -2.47. The summed E-state index contributed by atoms with van der Waals surface area (Å²) in [5.41, 5.74) is 2.94. The summed E-state index contributed by atoms with van der Waals surface area (Å²) in [5, 5.41) is 0. The molecule has 6 aliphatic carbocycles. The molecule has 6 fully saturated rings. The first-order valence-corrected chi connectivity index (χ1v) is 23.3. The van der Waals surface area contributed by atoms with Gasteiger partial charge in [-0.1, -0.05) is 108 Å². The van der Waals surface area contributed by atoms with Crippen molar-refractivity contribution >= 4 is 0 Å². The van der Waals surface area contributed by atoms with Crippen LogP contribution in [0.4, 0.5) is 0 Å². The number of hydrogen-bond donors (Lipinski definition) is 0. The van der Waals surface area contributed by atoms with Crippen molar-refractivity contribution in [1.82, 2.24) is 0 Å². The zero-order chi connectivity index (χ0) is 39.2. The summed E-state index contributed by atoms with van der Waals surface area (Å²) >= 11 is 0. The third-order valence-electron chi connectivity index (χ3n) is 15.5. The second kappa shape index (κ2) is 18.5. The van der Waals surface area contributed by atoms with Gasteiger partial charge in [0.15, 0.2) is 0 Å². The minimum Gasteiger partial charge on any atom is -0.494 e. The predicted molar refractivity (Wildman–Crippen MR) is 236 cm³/mol. The monoisotopic (exact) mass is 759 g/mol. The fraction of sp³-hybridized carbons (Fsp3) is 0.667. The number of hydrogen-bond acceptors (Lipinski definition) is 2. The van der Waals surface area contributed by atoms with E-state index in [0.717, 1.165) is 78.0 Å². The third kappa shape index (κ3) is 11.5. The van der Waals surface area contributed by atoms with E-state index in [4.69, 9.17) is 9.47 Å². The van der Waals surface area contributed by atoms with E-state index in [1.807, 2.05) is 24.3 Å². The molecule has 0 spiro atoms. The number of ether oxygens (including phenoxy) is 2. The van der Waals surface area contributed by atoms with E-state index >= 15 is 0 Å². The molecule has 6 atom stereocenters. The number of para-hydroxylation sites is 2. The SMILES string of the molecule is CC1CC2CC(C1)CC(C)(CCOc1ccccc1)C2.CC1CC2CC(C1)CC(C)(COc1ccccc1)C2.CC1CC2CC(C1)CC(C)(c1ccccc1)C2. The largest absolute Gasteiger partial charge is 0.494 e. The summed E-state index contributed by atoms with van der Waals surface area (Å²) in [6.07, 6.45) is 22.8. The molecular weight excluding hydrogens is 681 g/mol. The molecule has 0 aliphatic heterocycles. The second-order valence-corrected chi connectivity index (χ2v) is 21.9. The van der Waals surface area contributed by atoms with Gasteiger partial charge < -0.3 is 9.47 Å². The molecule has 0 radical (unpaired) electrons. The van der Waals surface area contributed by atoms with Crippen molar-refractivity contribution in [3.8, 4) is 11.5 Å². The van der Waals surface area contributed by atoms with E-state index in [1.54, 1.807) is 5.56 Å². The van der Waals surface area contributed by atoms with Gasteiger partial charge in [0.25, 0.3) is 0 Å². The Hall–Kier alpha value is -2.74. The molecule has 0 saturated heterocycles. The molecule has 6 aliphatic rings. The lowest BCUT2D eigenvalue weighted by Crippen LogP contribution is -2.39. The van der Waals surface area contributed by atoms with E-state index < -0.39 is 0 Å². The summed E-state index contributed by atoms with van der Waals surface area (Å²) in [5.74, 6) is 10.8. The lowest BCUT2D eigenvalue weighted by atomic mass is 9.58. The van der Waals surface area contributed by atoms with Gasteiger partial charge in [0.1, 0.15) is 11.5 Å². The molecule has 6 saturated carbocycles. The van der Waals surface area contributed by atoms with Crippen LogP contribution in [0.1, 0.15) is 150 Å². The van der Waals surface area contributed by atoms with Crippen molar-refractivity contribution in [3.05, 3.63) is 96.6 Å². The molecule has 3 aromatic carbocycles. The summed E-state index contributed by atoms with van der Waals surface area (Å²) in [7, 11) is 0. The van der Waals surface area contributed by atoms with Crippen molar-refractivity contribution in [2.75, 3.05) is 13.2 Å². The first-order chi connectivity index (χ1) is 26.9. The van der Waals surface area contributed by atoms with E-state index in [2.05, 4.69) is 108 Å². The van der Waals surface area contributed by atoms with Gasteiger partial charge in [0, 0.05) is 5.41 Å². The Morgan fingerprint density at radius 2 is 0.786 bits per heavy atom. The molecule has 306 valence electrons. The Morgan fingerprint density at radius 1 is 0.429 bits per heavy atom. The number of benzene rings is 3. The van der Waals surface area contributed by atoms with Crippen molar-refractivity contribution < 1.29 is 9.47 Å². The van der Waals surface area contributed by atoms with Gasteiger partial charge in [0.2, 0.25) is 0 Å². The van der Waals surface area contributed by atoms with E-state index in [-0.39, 0.29) is 0 Å². The molecule has 0 aromatic heterocycles. The van der Waals surface area contributed by atoms with Crippen LogP contribution in [0.15, 0.2) is 91.0 Å². The molecule has 9 rings (SSSR count). The fourth-order valence-electron chi connectivity index (χ4n) is 14.1. The standard InChI is InChI=1S/C19H28O.C18H26O.C17H24/c1-15-10-16-12-17(11-15)14-19(2,13-16)8-9-20-18-6-4-3-5-7-18;1-14-8-15-10-16(9-14)12-18(2,11-15)13-19-17-6-4-3-5-7-17;1-13-8-14-10-15(9-13)12-17(2,11-14)16-6-4-3-5-7-16/h3-7,15-17H,8-14H2,1-2H3;3-7,14-16H,8-13H2,1-2H3;3-7,13-15H,8-12H2,1-2H3. The third-order valence-corrected chi connectivity index (χ3v) is 15.5. The molecular formula is C54H78O2. The molecule has 6 unspecified atom stereocenters. The predicted octanol–water partition coefficient (Wildman–Crippen LogP) is 15.0. The van der Waals surface area contributed by atoms with Crippen molar-refractivity contribution in [2.45, 2.75) is 150 Å². The van der Waals surface area contributed by atoms with Gasteiger partial charge in [-0.05, 0) is 197 Å². The average molecular weight is 759 g/mol. The normalized spacial score (nSPS) is 38.4. The van der Waals surface area contributed by atoms with E-state index in [0.29, 0.717) is 16.2 Å². The maximum Gasteiger partial charge on any atom is 0.119 e. The van der Waals surface area contributed by atoms with E-state index in [1.165, 1.54) is 103 Å². The van der Waals surface area contributed by atoms with Crippen LogP contribution in [0.25, 0.3) is 0 Å². The smallest absolute Gasteiger partial charge is 0.119 e. The minimum absolute atomic E-state index is 0.392. The fourth-order valence-corrected chi connectivity index (χ4v) is 14.1. The molecule has 6 bridgehead atoms. The highest BCUT2D eigenvalue weighted by Gasteiger charge is 2.43. The van der Waals surface area contributed by atoms with Crippen LogP contribution in [-0.2, 0) is 5.41 Å². The first-order valence-electron chi connectivity index (χ1n) is 23.3. The quantitative estimate of drug-likeness (QED) is 0.228. The van der Waals surface area contributed by atoms with Crippen LogP contribution in [0, 0.1) is 64.1 Å². The van der Waals surface area contributed by atoms with Gasteiger partial charge in [-0.2, -0.15) is 0 Å². The summed E-state index contributed by atoms with van der Waals surface area (Å²) in [4.78, 5) is 0. The Balaban J connectivity index is 0.000000129. The molecule has 3 aromatic rings. The Kier molecular flexibility index (Phi) is 13.7. The Morgan fingerprint density at radius 3 is 1.21 bits per heavy atom. The van der Waals surface area contributed by atoms with Crippen LogP contribution < -0.4 is 9.47 Å². The number of rotatable bonds is 8. The molecule has 0 amide bonds. The molecule has 0 N–H and O–H groups in total. The zero-order valence-electron chi connectivity index (χ0n) is 36.4. The Bertz CT molecular complexity index is 1550. The minimum atomic E-state index is 0.392. The average Bonchev–Trinajstić information content (AvgIpc) is 3.14. The molecule has 0 heterocycles. The highest BCUT2D eigenvalue weighted by atomic mass is 16.5. The zero-order valence-corrected chi connectivity index (χ0v) is 36.4. The van der Waals surface area contributed by atoms with Crippen molar-refractivity contribution in [1.29, 1.82) is 0 Å². The van der Waals surface area contributed by atoms with Crippen LogP contribution in [0.2, 0.25) is 0 Å². The molecule has 2 nitrogen and oxygen atoms in total. The maximum absolute atomic E-state index is 6.04.